The monoisotopic (exact) mass is 268 g/mol. The maximum atomic E-state index is 11.8. The molecular weight excluding hydrogens is 248 g/mol. The number of carbonyl (C=O) groups excluding carboxylic acids is 1. The van der Waals surface area contributed by atoms with Crippen LogP contribution in [0.3, 0.4) is 0 Å². The van der Waals surface area contributed by atoms with Gasteiger partial charge in [0.25, 0.3) is 0 Å². The van der Waals surface area contributed by atoms with Crippen LogP contribution in [0, 0.1) is 29.9 Å². The average Bonchev–Trinajstić information content (AvgIpc) is 2.53. The Morgan fingerprint density at radius 1 is 1.42 bits per heavy atom. The number of nitrogens with zero attached hydrogens (tertiary/aromatic N) is 3. The van der Waals surface area contributed by atoms with E-state index in [-0.39, 0.29) is 24.2 Å². The molecule has 106 valence electrons. The minimum absolute atomic E-state index is 0.00241. The van der Waals surface area contributed by atoms with Gasteiger partial charge in [-0.2, -0.15) is 5.10 Å². The topological polar surface area (TPSA) is 90.1 Å². The number of aromatic nitrogens is 2. The second kappa shape index (κ2) is 5.81. The lowest BCUT2D eigenvalue weighted by molar-refractivity contribution is -0.386. The van der Waals surface area contributed by atoms with E-state index in [1.54, 1.807) is 13.8 Å². The van der Waals surface area contributed by atoms with Crippen molar-refractivity contribution in [2.45, 2.75) is 47.2 Å². The fraction of sp³-hybridized carbons (Fsp3) is 0.667. The quantitative estimate of drug-likeness (QED) is 0.648. The van der Waals surface area contributed by atoms with Gasteiger partial charge in [0.1, 0.15) is 17.9 Å². The highest BCUT2D eigenvalue weighted by atomic mass is 16.6. The molecule has 7 heteroatoms. The van der Waals surface area contributed by atoms with Gasteiger partial charge < -0.3 is 5.32 Å². The van der Waals surface area contributed by atoms with Crippen molar-refractivity contribution in [2.75, 3.05) is 0 Å². The zero-order chi connectivity index (χ0) is 14.7. The first kappa shape index (κ1) is 15.1. The van der Waals surface area contributed by atoms with Gasteiger partial charge >= 0.3 is 5.69 Å². The number of aryl methyl sites for hydroxylation is 1. The Kier molecular flexibility index (Phi) is 4.63. The largest absolute Gasteiger partial charge is 0.352 e. The van der Waals surface area contributed by atoms with Gasteiger partial charge in [-0.3, -0.25) is 19.6 Å². The molecule has 1 aromatic heterocycles. The molecule has 0 saturated carbocycles. The maximum Gasteiger partial charge on any atom is 0.312 e. The number of hydrogen-bond donors (Lipinski definition) is 1. The summed E-state index contributed by atoms with van der Waals surface area (Å²) in [6.07, 6.45) is 0. The van der Waals surface area contributed by atoms with Crippen molar-refractivity contribution in [1.82, 2.24) is 15.1 Å². The molecule has 0 aliphatic heterocycles. The van der Waals surface area contributed by atoms with E-state index < -0.39 is 4.92 Å². The average molecular weight is 268 g/mol. The summed E-state index contributed by atoms with van der Waals surface area (Å²) in [7, 11) is 0. The molecule has 0 radical (unpaired) electrons. The van der Waals surface area contributed by atoms with Crippen molar-refractivity contribution in [1.29, 1.82) is 0 Å². The molecule has 0 aromatic carbocycles. The first-order valence-electron chi connectivity index (χ1n) is 6.21. The smallest absolute Gasteiger partial charge is 0.312 e. The molecule has 0 bridgehead atoms. The van der Waals surface area contributed by atoms with E-state index in [9.17, 15) is 14.9 Å². The van der Waals surface area contributed by atoms with Crippen LogP contribution in [0.5, 0.6) is 0 Å². The van der Waals surface area contributed by atoms with Crippen LogP contribution in [0.1, 0.15) is 32.2 Å². The molecule has 7 nitrogen and oxygen atoms in total. The predicted molar refractivity (Wildman–Crippen MR) is 70.8 cm³/mol. The molecule has 1 unspecified atom stereocenters. The van der Waals surface area contributed by atoms with Gasteiger partial charge in [0.15, 0.2) is 0 Å². The third kappa shape index (κ3) is 3.52. The summed E-state index contributed by atoms with van der Waals surface area (Å²) in [5, 5.41) is 17.7. The number of nitrogens with one attached hydrogen (secondary N) is 1. The van der Waals surface area contributed by atoms with Crippen LogP contribution in [0.4, 0.5) is 5.69 Å². The molecule has 0 aliphatic rings. The molecule has 0 saturated heterocycles. The SMILES string of the molecule is Cc1nn(CC(=O)NC(C)C(C)C)c(C)c1[N+](=O)[O-]. The summed E-state index contributed by atoms with van der Waals surface area (Å²) in [6, 6.07) is 0.0550. The highest BCUT2D eigenvalue weighted by Gasteiger charge is 2.23. The zero-order valence-electron chi connectivity index (χ0n) is 11.9. The van der Waals surface area contributed by atoms with Crippen molar-refractivity contribution >= 4 is 11.6 Å². The van der Waals surface area contributed by atoms with Crippen LogP contribution < -0.4 is 5.32 Å². The minimum atomic E-state index is -0.469. The molecule has 0 aliphatic carbocycles. The van der Waals surface area contributed by atoms with Crippen LogP contribution >= 0.6 is 0 Å². The van der Waals surface area contributed by atoms with E-state index in [4.69, 9.17) is 0 Å². The van der Waals surface area contributed by atoms with Crippen molar-refractivity contribution in [3.8, 4) is 0 Å². The third-order valence-electron chi connectivity index (χ3n) is 3.21. The van der Waals surface area contributed by atoms with E-state index in [0.717, 1.165) is 0 Å². The molecule has 0 fully saturated rings. The van der Waals surface area contributed by atoms with Crippen molar-refractivity contribution < 1.29 is 9.72 Å². The third-order valence-corrected chi connectivity index (χ3v) is 3.21. The molecule has 1 atom stereocenters. The molecule has 1 N–H and O–H groups in total. The lowest BCUT2D eigenvalue weighted by Crippen LogP contribution is -2.38. The Morgan fingerprint density at radius 3 is 2.42 bits per heavy atom. The van der Waals surface area contributed by atoms with E-state index in [2.05, 4.69) is 10.4 Å². The predicted octanol–water partition coefficient (Wildman–Crippen LogP) is 1.57. The highest BCUT2D eigenvalue weighted by molar-refractivity contribution is 5.76. The second-order valence-corrected chi connectivity index (χ2v) is 5.03. The van der Waals surface area contributed by atoms with Crippen molar-refractivity contribution in [3.05, 3.63) is 21.5 Å². The lowest BCUT2D eigenvalue weighted by atomic mass is 10.1. The Morgan fingerprint density at radius 2 is 2.00 bits per heavy atom. The number of carbonyl (C=O) groups is 1. The summed E-state index contributed by atoms with van der Waals surface area (Å²) in [5.74, 6) is 0.139. The van der Waals surface area contributed by atoms with Gasteiger partial charge in [-0.15, -0.1) is 0 Å². The molecular formula is C12H20N4O3. The highest BCUT2D eigenvalue weighted by Crippen LogP contribution is 2.21. The molecule has 1 heterocycles. The van der Waals surface area contributed by atoms with Crippen LogP contribution in [0.15, 0.2) is 0 Å². The Labute approximate surface area is 112 Å². The number of amides is 1. The summed E-state index contributed by atoms with van der Waals surface area (Å²) >= 11 is 0. The Balaban J connectivity index is 2.81. The molecule has 1 amide bonds. The summed E-state index contributed by atoms with van der Waals surface area (Å²) in [4.78, 5) is 22.2. The van der Waals surface area contributed by atoms with Gasteiger partial charge in [0.05, 0.1) is 4.92 Å². The van der Waals surface area contributed by atoms with Gasteiger partial charge in [-0.05, 0) is 26.7 Å². The van der Waals surface area contributed by atoms with Gasteiger partial charge in [0.2, 0.25) is 5.91 Å². The standard InChI is InChI=1S/C12H20N4O3/c1-7(2)8(3)13-11(17)6-15-10(5)12(16(18)19)9(4)14-15/h7-8H,6H2,1-5H3,(H,13,17). The van der Waals surface area contributed by atoms with Crippen molar-refractivity contribution in [3.63, 3.8) is 0 Å². The molecule has 1 aromatic rings. The molecule has 1 rings (SSSR count). The summed E-state index contributed by atoms with van der Waals surface area (Å²) in [5.41, 5.74) is 0.701. The Bertz CT molecular complexity index is 493. The zero-order valence-corrected chi connectivity index (χ0v) is 11.9. The van der Waals surface area contributed by atoms with Crippen molar-refractivity contribution in [2.24, 2.45) is 5.92 Å². The van der Waals surface area contributed by atoms with Gasteiger partial charge in [0, 0.05) is 6.04 Å². The van der Waals surface area contributed by atoms with Crippen LogP contribution in [-0.4, -0.2) is 26.7 Å². The normalized spacial score (nSPS) is 12.5. The minimum Gasteiger partial charge on any atom is -0.352 e. The van der Waals surface area contributed by atoms with Crippen LogP contribution in [0.25, 0.3) is 0 Å². The molecule has 19 heavy (non-hydrogen) atoms. The van der Waals surface area contributed by atoms with E-state index in [1.165, 1.54) is 4.68 Å². The van der Waals surface area contributed by atoms with Gasteiger partial charge in [-0.1, -0.05) is 13.8 Å². The summed E-state index contributed by atoms with van der Waals surface area (Å²) in [6.45, 7) is 9.11. The number of rotatable bonds is 5. The number of nitro groups is 1. The van der Waals surface area contributed by atoms with E-state index in [0.29, 0.717) is 17.3 Å². The Hall–Kier alpha value is -1.92. The fourth-order valence-electron chi connectivity index (χ4n) is 1.71. The van der Waals surface area contributed by atoms with Crippen LogP contribution in [0.2, 0.25) is 0 Å². The summed E-state index contributed by atoms with van der Waals surface area (Å²) < 4.78 is 1.37. The van der Waals surface area contributed by atoms with Gasteiger partial charge in [-0.25, -0.2) is 0 Å². The van der Waals surface area contributed by atoms with E-state index in [1.807, 2.05) is 20.8 Å². The number of hydrogen-bond acceptors (Lipinski definition) is 4. The molecule has 0 spiro atoms. The first-order chi connectivity index (χ1) is 8.73. The second-order valence-electron chi connectivity index (χ2n) is 5.03. The van der Waals surface area contributed by atoms with Crippen LogP contribution in [-0.2, 0) is 11.3 Å². The maximum absolute atomic E-state index is 11.8. The fourth-order valence-corrected chi connectivity index (χ4v) is 1.71. The van der Waals surface area contributed by atoms with E-state index >= 15 is 0 Å². The lowest BCUT2D eigenvalue weighted by Gasteiger charge is -2.17. The first-order valence-corrected chi connectivity index (χ1v) is 6.21.